The number of hydrogen-bond donors (Lipinski definition) is 0. The number of nitrogens with zero attached hydrogens (tertiary/aromatic N) is 3. The summed E-state index contributed by atoms with van der Waals surface area (Å²) in [5.41, 5.74) is 1.35. The fourth-order valence-electron chi connectivity index (χ4n) is 4.31. The van der Waals surface area contributed by atoms with Crippen molar-refractivity contribution in [3.63, 3.8) is 0 Å². The quantitative estimate of drug-likeness (QED) is 0.847. The van der Waals surface area contributed by atoms with Crippen LogP contribution in [0.1, 0.15) is 37.7 Å². The summed E-state index contributed by atoms with van der Waals surface area (Å²) in [4.78, 5) is 8.74. The lowest BCUT2D eigenvalue weighted by molar-refractivity contribution is 0.0521. The van der Waals surface area contributed by atoms with E-state index in [-0.39, 0.29) is 0 Å². The molecule has 0 unspecified atom stereocenters. The van der Waals surface area contributed by atoms with Gasteiger partial charge >= 0.3 is 0 Å². The monoisotopic (exact) mass is 315 g/mol. The van der Waals surface area contributed by atoms with Gasteiger partial charge in [-0.3, -0.25) is 0 Å². The van der Waals surface area contributed by atoms with Gasteiger partial charge in [-0.2, -0.15) is 0 Å². The second kappa shape index (κ2) is 6.17. The molecule has 4 heteroatoms. The maximum Gasteiger partial charge on any atom is 0.150 e. The molecule has 2 aromatic heterocycles. The Morgan fingerprint density at radius 1 is 1.23 bits per heavy atom. The lowest BCUT2D eigenvalue weighted by atomic mass is 9.83. The number of aryl methyl sites for hydroxylation is 1. The predicted octanol–water partition coefficient (Wildman–Crippen LogP) is 4.18. The third kappa shape index (κ3) is 2.63. The van der Waals surface area contributed by atoms with Gasteiger partial charge in [-0.25, -0.2) is 4.98 Å². The van der Waals surface area contributed by atoms with E-state index < -0.39 is 0 Å². The molecule has 0 spiro atoms. The number of aromatic nitrogens is 2. The zero-order valence-corrected chi connectivity index (χ0v) is 14.2. The first kappa shape index (κ1) is 14.5. The molecule has 2 fully saturated rings. The summed E-state index contributed by atoms with van der Waals surface area (Å²) in [6, 6.07) is 3.00. The van der Waals surface area contributed by atoms with Crippen LogP contribution in [0.4, 0.5) is 0 Å². The number of rotatable bonds is 3. The van der Waals surface area contributed by atoms with E-state index in [9.17, 15) is 0 Å². The Kier molecular flexibility index (Phi) is 4.05. The van der Waals surface area contributed by atoms with Crippen LogP contribution >= 0.6 is 11.3 Å². The number of thiophene rings is 1. The van der Waals surface area contributed by atoms with Crippen molar-refractivity contribution in [2.24, 2.45) is 5.92 Å². The summed E-state index contributed by atoms with van der Waals surface area (Å²) in [7, 11) is 0. The third-order valence-electron chi connectivity index (χ3n) is 5.44. The molecular formula is C18H25N3S. The summed E-state index contributed by atoms with van der Waals surface area (Å²) in [5, 5.41) is 2.17. The number of piperidine rings is 2. The zero-order chi connectivity index (χ0) is 14.9. The predicted molar refractivity (Wildman–Crippen MR) is 92.2 cm³/mol. The normalized spacial score (nSPS) is 26.0. The molecule has 2 aliphatic rings. The van der Waals surface area contributed by atoms with Gasteiger partial charge in [0.1, 0.15) is 5.82 Å². The van der Waals surface area contributed by atoms with Crippen LogP contribution in [0.3, 0.4) is 0 Å². The van der Waals surface area contributed by atoms with Crippen molar-refractivity contribution in [3.8, 4) is 10.7 Å². The Morgan fingerprint density at radius 3 is 3.00 bits per heavy atom. The Bertz CT molecular complexity index is 628. The van der Waals surface area contributed by atoms with Gasteiger partial charge in [0.05, 0.1) is 4.88 Å². The highest BCUT2D eigenvalue weighted by atomic mass is 32.1. The Hall–Kier alpha value is -1.13. The average Bonchev–Trinajstić information content (AvgIpc) is 3.16. The van der Waals surface area contributed by atoms with Gasteiger partial charge in [0.2, 0.25) is 0 Å². The van der Waals surface area contributed by atoms with Crippen LogP contribution in [-0.2, 0) is 6.54 Å². The number of fused-ring (bicyclic) bond motifs is 1. The van der Waals surface area contributed by atoms with Crippen molar-refractivity contribution in [2.75, 3.05) is 13.1 Å². The van der Waals surface area contributed by atoms with Gasteiger partial charge in [0.25, 0.3) is 0 Å². The minimum absolute atomic E-state index is 0.794. The lowest BCUT2D eigenvalue weighted by Crippen LogP contribution is -2.49. The van der Waals surface area contributed by atoms with Gasteiger partial charge in [-0.05, 0) is 68.6 Å². The van der Waals surface area contributed by atoms with Gasteiger partial charge in [-0.1, -0.05) is 6.42 Å². The molecule has 2 atom stereocenters. The molecule has 118 valence electrons. The van der Waals surface area contributed by atoms with Gasteiger partial charge in [0, 0.05) is 25.0 Å². The molecule has 2 saturated heterocycles. The molecule has 0 aliphatic carbocycles. The number of hydrogen-bond acceptors (Lipinski definition) is 3. The zero-order valence-electron chi connectivity index (χ0n) is 13.4. The van der Waals surface area contributed by atoms with Crippen molar-refractivity contribution in [2.45, 2.75) is 51.6 Å². The molecule has 0 amide bonds. The van der Waals surface area contributed by atoms with Crippen LogP contribution in [-0.4, -0.2) is 33.6 Å². The standard InChI is InChI=1S/C18H25N3S/c1-14-7-12-22-17(14)18-19-8-11-21(18)13-15-5-4-10-20-9-3-2-6-16(15)20/h7-8,11-12,15-16H,2-6,9-10,13H2,1H3/t15-,16+/m0/s1. The molecule has 3 nitrogen and oxygen atoms in total. The summed E-state index contributed by atoms with van der Waals surface area (Å²) < 4.78 is 2.40. The Labute approximate surface area is 137 Å². The highest BCUT2D eigenvalue weighted by Gasteiger charge is 2.33. The summed E-state index contributed by atoms with van der Waals surface area (Å²) in [6.07, 6.45) is 11.1. The molecular weight excluding hydrogens is 290 g/mol. The van der Waals surface area contributed by atoms with E-state index in [1.807, 2.05) is 17.5 Å². The van der Waals surface area contributed by atoms with Crippen LogP contribution in [0.15, 0.2) is 23.8 Å². The van der Waals surface area contributed by atoms with Gasteiger partial charge in [0.15, 0.2) is 0 Å². The molecule has 0 N–H and O–H groups in total. The molecule has 2 aromatic rings. The molecule has 2 aliphatic heterocycles. The maximum absolute atomic E-state index is 4.65. The largest absolute Gasteiger partial charge is 0.330 e. The maximum atomic E-state index is 4.65. The van der Waals surface area contributed by atoms with Crippen LogP contribution in [0.25, 0.3) is 10.7 Å². The topological polar surface area (TPSA) is 21.1 Å². The van der Waals surface area contributed by atoms with E-state index in [1.54, 1.807) is 0 Å². The van der Waals surface area contributed by atoms with E-state index in [4.69, 9.17) is 0 Å². The molecule has 0 aromatic carbocycles. The van der Waals surface area contributed by atoms with E-state index in [0.717, 1.165) is 18.5 Å². The summed E-state index contributed by atoms with van der Waals surface area (Å²) >= 11 is 1.81. The van der Waals surface area contributed by atoms with Crippen molar-refractivity contribution in [1.29, 1.82) is 0 Å². The minimum atomic E-state index is 0.794. The van der Waals surface area contributed by atoms with E-state index in [1.165, 1.54) is 61.5 Å². The fourth-order valence-corrected chi connectivity index (χ4v) is 5.25. The first-order valence-electron chi connectivity index (χ1n) is 8.62. The van der Waals surface area contributed by atoms with E-state index in [2.05, 4.69) is 39.0 Å². The van der Waals surface area contributed by atoms with Gasteiger partial charge in [-0.15, -0.1) is 11.3 Å². The Morgan fingerprint density at radius 2 is 2.14 bits per heavy atom. The van der Waals surface area contributed by atoms with Crippen molar-refractivity contribution < 1.29 is 0 Å². The van der Waals surface area contributed by atoms with Gasteiger partial charge < -0.3 is 9.47 Å². The molecule has 0 saturated carbocycles. The average molecular weight is 315 g/mol. The van der Waals surface area contributed by atoms with Crippen LogP contribution in [0.2, 0.25) is 0 Å². The van der Waals surface area contributed by atoms with Crippen LogP contribution in [0, 0.1) is 12.8 Å². The first-order chi connectivity index (χ1) is 10.8. The smallest absolute Gasteiger partial charge is 0.150 e. The number of imidazole rings is 1. The Balaban J connectivity index is 1.56. The fraction of sp³-hybridized carbons (Fsp3) is 0.611. The lowest BCUT2D eigenvalue weighted by Gasteiger charge is -2.44. The summed E-state index contributed by atoms with van der Waals surface area (Å²) in [6.45, 7) is 5.96. The van der Waals surface area contributed by atoms with Crippen molar-refractivity contribution in [3.05, 3.63) is 29.4 Å². The molecule has 0 radical (unpaired) electrons. The van der Waals surface area contributed by atoms with Crippen molar-refractivity contribution >= 4 is 11.3 Å². The molecule has 22 heavy (non-hydrogen) atoms. The molecule has 4 heterocycles. The van der Waals surface area contributed by atoms with E-state index >= 15 is 0 Å². The molecule has 0 bridgehead atoms. The van der Waals surface area contributed by atoms with Crippen LogP contribution in [0.5, 0.6) is 0 Å². The first-order valence-corrected chi connectivity index (χ1v) is 9.50. The van der Waals surface area contributed by atoms with Crippen LogP contribution < -0.4 is 0 Å². The second-order valence-corrected chi connectivity index (χ2v) is 7.75. The molecule has 4 rings (SSSR count). The summed E-state index contributed by atoms with van der Waals surface area (Å²) in [5.74, 6) is 1.96. The highest BCUT2D eigenvalue weighted by Crippen LogP contribution is 2.34. The van der Waals surface area contributed by atoms with Crippen molar-refractivity contribution in [1.82, 2.24) is 14.5 Å². The second-order valence-electron chi connectivity index (χ2n) is 6.84. The third-order valence-corrected chi connectivity index (χ3v) is 6.45. The minimum Gasteiger partial charge on any atom is -0.330 e. The van der Waals surface area contributed by atoms with E-state index in [0.29, 0.717) is 0 Å². The SMILES string of the molecule is Cc1ccsc1-c1nccn1C[C@@H]1CCCN2CCCC[C@H]12. The highest BCUT2D eigenvalue weighted by molar-refractivity contribution is 7.13.